The fourth-order valence-corrected chi connectivity index (χ4v) is 3.63. The topological polar surface area (TPSA) is 49.3 Å². The van der Waals surface area contributed by atoms with Crippen LogP contribution in [0.25, 0.3) is 0 Å². The Balaban J connectivity index is 0.00000242. The minimum Gasteiger partial charge on any atom is -0.354 e. The largest absolute Gasteiger partial charge is 0.354 e. The molecule has 0 spiro atoms. The molecule has 0 bridgehead atoms. The molecule has 0 aromatic carbocycles. The molecule has 1 aliphatic carbocycles. The number of aromatic nitrogens is 1. The highest BCUT2D eigenvalue weighted by Gasteiger charge is 2.19. The number of rotatable bonds is 4. The summed E-state index contributed by atoms with van der Waals surface area (Å²) in [6.07, 6.45) is 5.18. The van der Waals surface area contributed by atoms with Crippen LogP contribution >= 0.6 is 35.3 Å². The standard InChI is InChI=1S/C16H28N4S.HI/c1-11(2)15-19-14(10-21-15)9-18-16(17-4)20-13-7-5-6-12(3)8-13;/h10-13H,5-9H2,1-4H3,(H2,17,18,20);1H. The molecule has 1 aliphatic rings. The lowest BCUT2D eigenvalue weighted by Crippen LogP contribution is -2.44. The van der Waals surface area contributed by atoms with Crippen LogP contribution < -0.4 is 10.6 Å². The van der Waals surface area contributed by atoms with E-state index in [9.17, 15) is 0 Å². The minimum absolute atomic E-state index is 0. The van der Waals surface area contributed by atoms with E-state index in [-0.39, 0.29) is 24.0 Å². The van der Waals surface area contributed by atoms with Crippen molar-refractivity contribution < 1.29 is 0 Å². The zero-order valence-corrected chi connectivity index (χ0v) is 17.2. The number of nitrogens with one attached hydrogen (secondary N) is 2. The molecule has 1 aromatic heterocycles. The van der Waals surface area contributed by atoms with Crippen molar-refractivity contribution >= 4 is 41.3 Å². The Bertz CT molecular complexity index is 472. The van der Waals surface area contributed by atoms with Crippen LogP contribution in [-0.4, -0.2) is 24.0 Å². The molecule has 1 heterocycles. The third kappa shape index (κ3) is 6.02. The molecule has 0 amide bonds. The van der Waals surface area contributed by atoms with Crippen LogP contribution in [0.5, 0.6) is 0 Å². The van der Waals surface area contributed by atoms with E-state index < -0.39 is 0 Å². The third-order valence-electron chi connectivity index (χ3n) is 4.00. The quantitative estimate of drug-likeness (QED) is 0.424. The fraction of sp³-hybridized carbons (Fsp3) is 0.750. The molecule has 4 nitrogen and oxygen atoms in total. The molecule has 1 saturated carbocycles. The normalized spacial score (nSPS) is 22.3. The summed E-state index contributed by atoms with van der Waals surface area (Å²) in [6.45, 7) is 7.44. The van der Waals surface area contributed by atoms with Gasteiger partial charge in [0.2, 0.25) is 0 Å². The van der Waals surface area contributed by atoms with Crippen LogP contribution in [0.4, 0.5) is 0 Å². The summed E-state index contributed by atoms with van der Waals surface area (Å²) in [6, 6.07) is 0.557. The van der Waals surface area contributed by atoms with Crippen LogP contribution in [0.1, 0.15) is 63.1 Å². The smallest absolute Gasteiger partial charge is 0.191 e. The van der Waals surface area contributed by atoms with Gasteiger partial charge in [-0.2, -0.15) is 0 Å². The third-order valence-corrected chi connectivity index (χ3v) is 5.20. The van der Waals surface area contributed by atoms with Crippen molar-refractivity contribution in [2.24, 2.45) is 10.9 Å². The highest BCUT2D eigenvalue weighted by atomic mass is 127. The lowest BCUT2D eigenvalue weighted by molar-refractivity contribution is 0.324. The van der Waals surface area contributed by atoms with Gasteiger partial charge in [-0.3, -0.25) is 4.99 Å². The molecule has 6 heteroatoms. The maximum atomic E-state index is 4.65. The molecule has 2 N–H and O–H groups in total. The average molecular weight is 436 g/mol. The van der Waals surface area contributed by atoms with Gasteiger partial charge in [-0.05, 0) is 18.8 Å². The van der Waals surface area contributed by atoms with Crippen molar-refractivity contribution in [2.45, 2.75) is 65.0 Å². The van der Waals surface area contributed by atoms with Crippen molar-refractivity contribution in [1.82, 2.24) is 15.6 Å². The predicted octanol–water partition coefficient (Wildman–Crippen LogP) is 4.13. The van der Waals surface area contributed by atoms with Gasteiger partial charge in [-0.25, -0.2) is 4.98 Å². The average Bonchev–Trinajstić information content (AvgIpc) is 2.92. The molecular formula is C16H29IN4S. The number of hydrogen-bond acceptors (Lipinski definition) is 3. The summed E-state index contributed by atoms with van der Waals surface area (Å²) in [5.74, 6) is 2.22. The SMILES string of the molecule is CN=C(NCc1csc(C(C)C)n1)NC1CCCC(C)C1.I. The van der Waals surface area contributed by atoms with E-state index in [4.69, 9.17) is 0 Å². The van der Waals surface area contributed by atoms with Gasteiger partial charge in [0.05, 0.1) is 17.2 Å². The fourth-order valence-electron chi connectivity index (χ4n) is 2.80. The molecule has 2 unspecified atom stereocenters. The molecule has 0 radical (unpaired) electrons. The van der Waals surface area contributed by atoms with E-state index in [0.717, 1.165) is 24.1 Å². The molecular weight excluding hydrogens is 407 g/mol. The van der Waals surface area contributed by atoms with Gasteiger partial charge in [0.15, 0.2) is 5.96 Å². The number of halogens is 1. The number of hydrogen-bond donors (Lipinski definition) is 2. The Hall–Kier alpha value is -0.370. The van der Waals surface area contributed by atoms with E-state index in [1.165, 1.54) is 30.7 Å². The van der Waals surface area contributed by atoms with E-state index in [1.54, 1.807) is 11.3 Å². The van der Waals surface area contributed by atoms with Crippen molar-refractivity contribution in [2.75, 3.05) is 7.05 Å². The Morgan fingerprint density at radius 1 is 1.45 bits per heavy atom. The Kier molecular flexibility index (Phi) is 8.67. The molecule has 1 aromatic rings. The Labute approximate surface area is 155 Å². The van der Waals surface area contributed by atoms with Crippen LogP contribution in [0.15, 0.2) is 10.4 Å². The van der Waals surface area contributed by atoms with Gasteiger partial charge >= 0.3 is 0 Å². The second-order valence-electron chi connectivity index (χ2n) is 6.37. The van der Waals surface area contributed by atoms with E-state index >= 15 is 0 Å². The van der Waals surface area contributed by atoms with Crippen molar-refractivity contribution in [3.63, 3.8) is 0 Å². The minimum atomic E-state index is 0. The first-order valence-electron chi connectivity index (χ1n) is 8.00. The van der Waals surface area contributed by atoms with Gasteiger partial charge in [0, 0.05) is 24.4 Å². The summed E-state index contributed by atoms with van der Waals surface area (Å²) in [7, 11) is 1.84. The molecule has 1 fully saturated rings. The highest BCUT2D eigenvalue weighted by molar-refractivity contribution is 14.0. The molecule has 22 heavy (non-hydrogen) atoms. The van der Waals surface area contributed by atoms with Crippen LogP contribution in [0, 0.1) is 5.92 Å². The maximum absolute atomic E-state index is 4.65. The van der Waals surface area contributed by atoms with Crippen molar-refractivity contribution in [3.05, 3.63) is 16.1 Å². The first-order valence-corrected chi connectivity index (χ1v) is 8.88. The monoisotopic (exact) mass is 436 g/mol. The molecule has 2 rings (SSSR count). The summed E-state index contributed by atoms with van der Waals surface area (Å²) in [4.78, 5) is 8.98. The molecule has 0 aliphatic heterocycles. The summed E-state index contributed by atoms with van der Waals surface area (Å²) in [5, 5.41) is 10.3. The van der Waals surface area contributed by atoms with Crippen molar-refractivity contribution in [1.29, 1.82) is 0 Å². The number of guanidine groups is 1. The van der Waals surface area contributed by atoms with E-state index in [2.05, 4.69) is 46.8 Å². The van der Waals surface area contributed by atoms with Gasteiger partial charge < -0.3 is 10.6 Å². The maximum Gasteiger partial charge on any atom is 0.191 e. The lowest BCUT2D eigenvalue weighted by Gasteiger charge is -2.28. The molecule has 126 valence electrons. The van der Waals surface area contributed by atoms with Crippen LogP contribution in [-0.2, 0) is 6.54 Å². The second kappa shape index (κ2) is 9.70. The lowest BCUT2D eigenvalue weighted by atomic mass is 9.87. The zero-order valence-electron chi connectivity index (χ0n) is 14.1. The van der Waals surface area contributed by atoms with Crippen LogP contribution in [0.3, 0.4) is 0 Å². The second-order valence-corrected chi connectivity index (χ2v) is 7.26. The van der Waals surface area contributed by atoms with Gasteiger partial charge in [-0.15, -0.1) is 35.3 Å². The first kappa shape index (κ1) is 19.7. The Morgan fingerprint density at radius 2 is 2.23 bits per heavy atom. The Morgan fingerprint density at radius 3 is 2.82 bits per heavy atom. The summed E-state index contributed by atoms with van der Waals surface area (Å²) < 4.78 is 0. The van der Waals surface area contributed by atoms with Crippen LogP contribution in [0.2, 0.25) is 0 Å². The predicted molar refractivity (Wildman–Crippen MR) is 106 cm³/mol. The zero-order chi connectivity index (χ0) is 15.2. The van der Waals surface area contributed by atoms with E-state index in [0.29, 0.717) is 12.0 Å². The van der Waals surface area contributed by atoms with Crippen molar-refractivity contribution in [3.8, 4) is 0 Å². The van der Waals surface area contributed by atoms with Gasteiger partial charge in [0.25, 0.3) is 0 Å². The first-order chi connectivity index (χ1) is 10.1. The van der Waals surface area contributed by atoms with E-state index in [1.807, 2.05) is 7.05 Å². The van der Waals surface area contributed by atoms with Gasteiger partial charge in [0.1, 0.15) is 0 Å². The molecule has 2 atom stereocenters. The summed E-state index contributed by atoms with van der Waals surface area (Å²) >= 11 is 1.74. The molecule has 0 saturated heterocycles. The number of thiazole rings is 1. The number of aliphatic imine (C=N–C) groups is 1. The van der Waals surface area contributed by atoms with Gasteiger partial charge in [-0.1, -0.05) is 33.6 Å². The highest BCUT2D eigenvalue weighted by Crippen LogP contribution is 2.23. The summed E-state index contributed by atoms with van der Waals surface area (Å²) in [5.41, 5.74) is 1.10. The number of nitrogens with zero attached hydrogens (tertiary/aromatic N) is 2.